The molecule has 182 valence electrons. The lowest BCUT2D eigenvalue weighted by molar-refractivity contribution is -0.129. The van der Waals surface area contributed by atoms with E-state index < -0.39 is 27.8 Å². The largest absolute Gasteiger partial charge is 0.487 e. The Kier molecular flexibility index (Phi) is 7.74. The highest BCUT2D eigenvalue weighted by atomic mass is 32.2. The number of benzene rings is 1. The first-order chi connectivity index (χ1) is 15.5. The fourth-order valence-electron chi connectivity index (χ4n) is 4.19. The zero-order chi connectivity index (χ0) is 24.4. The molecule has 0 aromatic heterocycles. The van der Waals surface area contributed by atoms with Crippen LogP contribution in [-0.2, 0) is 14.8 Å². The number of carbonyl (C=O) groups is 1. The molecule has 0 spiro atoms. The Morgan fingerprint density at radius 3 is 2.64 bits per heavy atom. The topological polar surface area (TPSA) is 107 Å². The SMILES string of the molecule is CC(=O)N(C)C[C@H]1Oc2cc(C#CC3(O)CCCC3)ccc2S(=O)(=O)N([C@@H](C)CO)C[C@H]1C. The van der Waals surface area contributed by atoms with Gasteiger partial charge in [-0.15, -0.1) is 0 Å². The van der Waals surface area contributed by atoms with E-state index in [0.717, 1.165) is 12.8 Å². The standard InChI is InChI=1S/C24H34N2O6S/c1-17-14-26(18(2)16-27)33(30,31)23-8-7-20(9-12-24(29)10-5-6-11-24)13-21(23)32-22(17)15-25(4)19(3)28/h7-8,13,17-18,22,27,29H,5-6,10-11,14-16H2,1-4H3/t17-,18+,22-/m1/s1. The summed E-state index contributed by atoms with van der Waals surface area (Å²) in [5.74, 6) is 5.70. The molecular formula is C24H34N2O6S. The van der Waals surface area contributed by atoms with Crippen LogP contribution < -0.4 is 4.74 Å². The van der Waals surface area contributed by atoms with Gasteiger partial charge >= 0.3 is 0 Å². The van der Waals surface area contributed by atoms with E-state index in [2.05, 4.69) is 11.8 Å². The van der Waals surface area contributed by atoms with Crippen LogP contribution in [0.4, 0.5) is 0 Å². The number of hydrogen-bond donors (Lipinski definition) is 2. The zero-order valence-electron chi connectivity index (χ0n) is 19.7. The van der Waals surface area contributed by atoms with Gasteiger partial charge in [-0.1, -0.05) is 18.8 Å². The minimum Gasteiger partial charge on any atom is -0.487 e. The number of sulfonamides is 1. The van der Waals surface area contributed by atoms with Gasteiger partial charge < -0.3 is 19.8 Å². The van der Waals surface area contributed by atoms with Crippen LogP contribution in [0.1, 0.15) is 52.0 Å². The lowest BCUT2D eigenvalue weighted by Gasteiger charge is -2.37. The van der Waals surface area contributed by atoms with Crippen molar-refractivity contribution >= 4 is 15.9 Å². The van der Waals surface area contributed by atoms with Crippen LogP contribution in [0.5, 0.6) is 5.75 Å². The summed E-state index contributed by atoms with van der Waals surface area (Å²) < 4.78 is 34.5. The molecule has 0 bridgehead atoms. The molecule has 1 saturated carbocycles. The number of fused-ring (bicyclic) bond motifs is 1. The summed E-state index contributed by atoms with van der Waals surface area (Å²) in [7, 11) is -2.27. The van der Waals surface area contributed by atoms with E-state index in [-0.39, 0.29) is 42.2 Å². The number of rotatable bonds is 4. The Bertz CT molecular complexity index is 1040. The highest BCUT2D eigenvalue weighted by molar-refractivity contribution is 7.89. The summed E-state index contributed by atoms with van der Waals surface area (Å²) >= 11 is 0. The van der Waals surface area contributed by atoms with Gasteiger partial charge in [0.2, 0.25) is 15.9 Å². The number of hydrogen-bond acceptors (Lipinski definition) is 6. The van der Waals surface area contributed by atoms with Crippen molar-refractivity contribution in [2.24, 2.45) is 5.92 Å². The molecule has 1 aromatic rings. The number of nitrogens with zero attached hydrogens (tertiary/aromatic N) is 2. The second-order valence-electron chi connectivity index (χ2n) is 9.29. The Labute approximate surface area is 196 Å². The van der Waals surface area contributed by atoms with Crippen molar-refractivity contribution in [3.05, 3.63) is 23.8 Å². The van der Waals surface area contributed by atoms with Gasteiger partial charge in [0.15, 0.2) is 0 Å². The third-order valence-electron chi connectivity index (χ3n) is 6.53. The maximum atomic E-state index is 13.5. The molecule has 1 aliphatic carbocycles. The van der Waals surface area contributed by atoms with E-state index in [1.54, 1.807) is 26.1 Å². The maximum Gasteiger partial charge on any atom is 0.247 e. The quantitative estimate of drug-likeness (QED) is 0.637. The molecule has 8 nitrogen and oxygen atoms in total. The average molecular weight is 479 g/mol. The Balaban J connectivity index is 2.06. The number of carbonyl (C=O) groups excluding carboxylic acids is 1. The van der Waals surface area contributed by atoms with Crippen LogP contribution in [0.15, 0.2) is 23.1 Å². The summed E-state index contributed by atoms with van der Waals surface area (Å²) in [5.41, 5.74) is -0.468. The van der Waals surface area contributed by atoms with Crippen molar-refractivity contribution in [1.82, 2.24) is 9.21 Å². The second-order valence-corrected chi connectivity index (χ2v) is 11.1. The summed E-state index contributed by atoms with van der Waals surface area (Å²) in [4.78, 5) is 13.4. The molecule has 33 heavy (non-hydrogen) atoms. The fourth-order valence-corrected chi connectivity index (χ4v) is 6.02. The molecule has 1 amide bonds. The summed E-state index contributed by atoms with van der Waals surface area (Å²) in [5, 5.41) is 20.2. The van der Waals surface area contributed by atoms with Gasteiger partial charge in [0.25, 0.3) is 0 Å². The first-order valence-electron chi connectivity index (χ1n) is 11.4. The monoisotopic (exact) mass is 478 g/mol. The minimum atomic E-state index is -3.94. The lowest BCUT2D eigenvalue weighted by Crippen LogP contribution is -2.50. The van der Waals surface area contributed by atoms with Crippen LogP contribution in [0, 0.1) is 17.8 Å². The zero-order valence-corrected chi connectivity index (χ0v) is 20.6. The third-order valence-corrected chi connectivity index (χ3v) is 8.55. The second kappa shape index (κ2) is 10.0. The van der Waals surface area contributed by atoms with Crippen LogP contribution >= 0.6 is 0 Å². The highest BCUT2D eigenvalue weighted by Gasteiger charge is 2.38. The molecule has 3 atom stereocenters. The van der Waals surface area contributed by atoms with Crippen LogP contribution in [0.3, 0.4) is 0 Å². The molecule has 1 aromatic carbocycles. The molecule has 3 rings (SSSR count). The number of likely N-dealkylation sites (N-methyl/N-ethyl adjacent to an activating group) is 1. The van der Waals surface area contributed by atoms with Crippen molar-refractivity contribution < 1.29 is 28.2 Å². The maximum absolute atomic E-state index is 13.5. The van der Waals surface area contributed by atoms with Gasteiger partial charge in [-0.2, -0.15) is 4.31 Å². The predicted molar refractivity (Wildman–Crippen MR) is 124 cm³/mol. The lowest BCUT2D eigenvalue weighted by atomic mass is 10.0. The molecule has 1 fully saturated rings. The first-order valence-corrected chi connectivity index (χ1v) is 12.8. The van der Waals surface area contributed by atoms with E-state index in [0.29, 0.717) is 18.4 Å². The van der Waals surface area contributed by atoms with Crippen LogP contribution in [-0.4, -0.2) is 78.2 Å². The van der Waals surface area contributed by atoms with Gasteiger partial charge in [-0.3, -0.25) is 4.79 Å². The molecule has 2 aliphatic rings. The molecule has 0 unspecified atom stereocenters. The fraction of sp³-hybridized carbons (Fsp3) is 0.625. The summed E-state index contributed by atoms with van der Waals surface area (Å²) in [6, 6.07) is 4.03. The summed E-state index contributed by atoms with van der Waals surface area (Å²) in [6.45, 7) is 5.11. The molecule has 1 aliphatic heterocycles. The van der Waals surface area contributed by atoms with E-state index in [4.69, 9.17) is 4.74 Å². The van der Waals surface area contributed by atoms with Crippen molar-refractivity contribution in [1.29, 1.82) is 0 Å². The van der Waals surface area contributed by atoms with Crippen molar-refractivity contribution in [3.8, 4) is 17.6 Å². The molecule has 0 radical (unpaired) electrons. The van der Waals surface area contributed by atoms with E-state index >= 15 is 0 Å². The van der Waals surface area contributed by atoms with E-state index in [9.17, 15) is 23.4 Å². The third kappa shape index (κ3) is 5.69. The van der Waals surface area contributed by atoms with Crippen molar-refractivity contribution in [2.75, 3.05) is 26.7 Å². The smallest absolute Gasteiger partial charge is 0.247 e. The molecule has 2 N–H and O–H groups in total. The van der Waals surface area contributed by atoms with Gasteiger partial charge in [-0.05, 0) is 50.8 Å². The molecule has 9 heteroatoms. The average Bonchev–Trinajstić information content (AvgIpc) is 3.20. The van der Waals surface area contributed by atoms with Crippen LogP contribution in [0.2, 0.25) is 0 Å². The predicted octanol–water partition coefficient (Wildman–Crippen LogP) is 1.59. The highest BCUT2D eigenvalue weighted by Crippen LogP contribution is 2.34. The Hall–Kier alpha value is -2.12. The molecule has 1 heterocycles. The Morgan fingerprint density at radius 1 is 1.36 bits per heavy atom. The molecular weight excluding hydrogens is 444 g/mol. The number of ether oxygens (including phenoxy) is 1. The molecule has 0 saturated heterocycles. The van der Waals surface area contributed by atoms with Crippen molar-refractivity contribution in [2.45, 2.75) is 69.1 Å². The Morgan fingerprint density at radius 2 is 2.03 bits per heavy atom. The number of aliphatic hydroxyl groups excluding tert-OH is 1. The summed E-state index contributed by atoms with van der Waals surface area (Å²) in [6.07, 6.45) is 2.64. The normalized spacial score (nSPS) is 24.9. The minimum absolute atomic E-state index is 0.00435. The number of aliphatic hydroxyl groups is 2. The first kappa shape index (κ1) is 25.5. The van der Waals surface area contributed by atoms with E-state index in [1.807, 2.05) is 6.92 Å². The van der Waals surface area contributed by atoms with Gasteiger partial charge in [-0.25, -0.2) is 8.42 Å². The van der Waals surface area contributed by atoms with Crippen molar-refractivity contribution in [3.63, 3.8) is 0 Å². The van der Waals surface area contributed by atoms with Crippen LogP contribution in [0.25, 0.3) is 0 Å². The number of amides is 1. The van der Waals surface area contributed by atoms with E-state index in [1.165, 1.54) is 22.2 Å². The van der Waals surface area contributed by atoms with Gasteiger partial charge in [0.1, 0.15) is 22.4 Å². The van der Waals surface area contributed by atoms with Gasteiger partial charge in [0.05, 0.1) is 13.2 Å². The van der Waals surface area contributed by atoms with Gasteiger partial charge in [0, 0.05) is 38.0 Å².